The highest BCUT2D eigenvalue weighted by molar-refractivity contribution is 7.85. The Hall–Kier alpha value is -1.07. The minimum absolute atomic E-state index is 0.121. The van der Waals surface area contributed by atoms with Crippen LogP contribution in [0.2, 0.25) is 0 Å². The highest BCUT2D eigenvalue weighted by Crippen LogP contribution is 2.19. The van der Waals surface area contributed by atoms with Crippen molar-refractivity contribution in [1.82, 2.24) is 0 Å². The lowest BCUT2D eigenvalue weighted by molar-refractivity contribution is 0.127. The zero-order valence-corrected chi connectivity index (χ0v) is 12.0. The number of hydrogen-bond donors (Lipinski definition) is 1. The van der Waals surface area contributed by atoms with Crippen LogP contribution in [-0.2, 0) is 15.5 Å². The van der Waals surface area contributed by atoms with E-state index in [-0.39, 0.29) is 11.4 Å². The second-order valence-electron chi connectivity index (χ2n) is 4.76. The average Bonchev–Trinajstić information content (AvgIpc) is 2.81. The van der Waals surface area contributed by atoms with E-state index in [0.29, 0.717) is 18.0 Å². The van der Waals surface area contributed by atoms with Crippen LogP contribution in [0.3, 0.4) is 0 Å². The van der Waals surface area contributed by atoms with Crippen LogP contribution < -0.4 is 10.5 Å². The summed E-state index contributed by atoms with van der Waals surface area (Å²) in [4.78, 5) is 0. The lowest BCUT2D eigenvalue weighted by Gasteiger charge is -2.13. The summed E-state index contributed by atoms with van der Waals surface area (Å²) in [6, 6.07) is 7.35. The van der Waals surface area contributed by atoms with E-state index < -0.39 is 10.8 Å². The van der Waals surface area contributed by atoms with Gasteiger partial charge in [-0.1, -0.05) is 6.07 Å². The highest BCUT2D eigenvalue weighted by atomic mass is 32.2. The van der Waals surface area contributed by atoms with Gasteiger partial charge in [-0.05, 0) is 31.9 Å². The first-order valence-electron chi connectivity index (χ1n) is 6.64. The number of nitrogen functional groups attached to an aromatic ring is 1. The normalized spacial score (nSPS) is 24.3. The molecule has 0 saturated carbocycles. The fourth-order valence-electron chi connectivity index (χ4n) is 2.20. The van der Waals surface area contributed by atoms with Crippen LogP contribution in [0.5, 0.6) is 5.75 Å². The molecule has 106 valence electrons. The molecule has 1 saturated heterocycles. The largest absolute Gasteiger partial charge is 0.493 e. The number of ether oxygens (including phenoxy) is 2. The topological polar surface area (TPSA) is 61.5 Å². The van der Waals surface area contributed by atoms with Gasteiger partial charge in [-0.25, -0.2) is 0 Å². The van der Waals surface area contributed by atoms with Crippen LogP contribution in [0.25, 0.3) is 0 Å². The van der Waals surface area contributed by atoms with Crippen LogP contribution in [0, 0.1) is 0 Å². The van der Waals surface area contributed by atoms with E-state index in [1.807, 2.05) is 25.1 Å². The molecule has 1 fully saturated rings. The van der Waals surface area contributed by atoms with E-state index in [1.165, 1.54) is 0 Å². The first kappa shape index (κ1) is 14.3. The van der Waals surface area contributed by atoms with Crippen molar-refractivity contribution in [3.8, 4) is 5.75 Å². The SMILES string of the molecule is CC1OCCC1S(=O)CCCOc1cccc(N)c1. The number of nitrogens with two attached hydrogens (primary N) is 1. The number of rotatable bonds is 6. The molecule has 3 unspecified atom stereocenters. The summed E-state index contributed by atoms with van der Waals surface area (Å²) in [7, 11) is -0.817. The van der Waals surface area contributed by atoms with Crippen molar-refractivity contribution in [3.63, 3.8) is 0 Å². The fourth-order valence-corrected chi connectivity index (χ4v) is 3.77. The molecule has 3 atom stereocenters. The number of hydrogen-bond acceptors (Lipinski definition) is 4. The molecule has 1 aliphatic rings. The molecule has 1 aromatic rings. The van der Waals surface area contributed by atoms with E-state index in [1.54, 1.807) is 6.07 Å². The number of benzene rings is 1. The van der Waals surface area contributed by atoms with Gasteiger partial charge < -0.3 is 15.2 Å². The van der Waals surface area contributed by atoms with Crippen LogP contribution >= 0.6 is 0 Å². The minimum Gasteiger partial charge on any atom is -0.493 e. The van der Waals surface area contributed by atoms with E-state index in [4.69, 9.17) is 15.2 Å². The van der Waals surface area contributed by atoms with Crippen LogP contribution in [0.4, 0.5) is 5.69 Å². The molecule has 5 heteroatoms. The summed E-state index contributed by atoms with van der Waals surface area (Å²) in [6.45, 7) is 3.30. The van der Waals surface area contributed by atoms with Gasteiger partial charge in [0.15, 0.2) is 0 Å². The molecule has 0 spiro atoms. The van der Waals surface area contributed by atoms with Crippen molar-refractivity contribution in [2.75, 3.05) is 24.7 Å². The molecule has 2 N–H and O–H groups in total. The smallest absolute Gasteiger partial charge is 0.121 e. The molecule has 0 aliphatic carbocycles. The standard InChI is InChI=1S/C14H21NO3S/c1-11-14(6-8-17-11)19(16)9-3-7-18-13-5-2-4-12(15)10-13/h2,4-5,10-11,14H,3,6-9,15H2,1H3. The Balaban J connectivity index is 1.68. The molecule has 19 heavy (non-hydrogen) atoms. The third kappa shape index (κ3) is 4.21. The van der Waals surface area contributed by atoms with Gasteiger partial charge in [-0.2, -0.15) is 0 Å². The van der Waals surface area contributed by atoms with Gasteiger partial charge in [0, 0.05) is 34.9 Å². The molecule has 0 radical (unpaired) electrons. The Morgan fingerprint density at radius 2 is 2.37 bits per heavy atom. The second kappa shape index (κ2) is 6.91. The van der Waals surface area contributed by atoms with Gasteiger partial charge in [-0.3, -0.25) is 4.21 Å². The molecular formula is C14H21NO3S. The summed E-state index contributed by atoms with van der Waals surface area (Å²) in [6.07, 6.45) is 1.81. The first-order chi connectivity index (χ1) is 9.16. The molecule has 1 aliphatic heterocycles. The van der Waals surface area contributed by atoms with Gasteiger partial charge >= 0.3 is 0 Å². The summed E-state index contributed by atoms with van der Waals surface area (Å²) < 4.78 is 23.1. The van der Waals surface area contributed by atoms with Crippen molar-refractivity contribution in [1.29, 1.82) is 0 Å². The Morgan fingerprint density at radius 3 is 3.05 bits per heavy atom. The van der Waals surface area contributed by atoms with Crippen molar-refractivity contribution in [2.45, 2.75) is 31.1 Å². The molecule has 0 aromatic heterocycles. The van der Waals surface area contributed by atoms with Crippen LogP contribution in [-0.4, -0.2) is 34.5 Å². The molecule has 0 bridgehead atoms. The maximum Gasteiger partial charge on any atom is 0.121 e. The molecule has 4 nitrogen and oxygen atoms in total. The van der Waals surface area contributed by atoms with Gasteiger partial charge in [-0.15, -0.1) is 0 Å². The highest BCUT2D eigenvalue weighted by Gasteiger charge is 2.28. The van der Waals surface area contributed by atoms with Gasteiger partial charge in [0.2, 0.25) is 0 Å². The molecule has 2 rings (SSSR count). The summed E-state index contributed by atoms with van der Waals surface area (Å²) >= 11 is 0. The lowest BCUT2D eigenvalue weighted by Crippen LogP contribution is -2.25. The van der Waals surface area contributed by atoms with Gasteiger partial charge in [0.05, 0.1) is 18.0 Å². The lowest BCUT2D eigenvalue weighted by atomic mass is 10.3. The van der Waals surface area contributed by atoms with E-state index in [9.17, 15) is 4.21 Å². The molecule has 0 amide bonds. The molecule has 1 aromatic carbocycles. The number of anilines is 1. The summed E-state index contributed by atoms with van der Waals surface area (Å²) in [5.41, 5.74) is 6.36. The first-order valence-corrected chi connectivity index (χ1v) is 8.02. The predicted molar refractivity (Wildman–Crippen MR) is 77.8 cm³/mol. The van der Waals surface area contributed by atoms with Crippen molar-refractivity contribution in [3.05, 3.63) is 24.3 Å². The van der Waals surface area contributed by atoms with E-state index in [0.717, 1.165) is 25.2 Å². The average molecular weight is 283 g/mol. The summed E-state index contributed by atoms with van der Waals surface area (Å²) in [5.74, 6) is 1.43. The summed E-state index contributed by atoms with van der Waals surface area (Å²) in [5, 5.41) is 0.187. The minimum atomic E-state index is -0.817. The zero-order chi connectivity index (χ0) is 13.7. The van der Waals surface area contributed by atoms with E-state index in [2.05, 4.69) is 0 Å². The van der Waals surface area contributed by atoms with Crippen molar-refractivity contribution < 1.29 is 13.7 Å². The molecular weight excluding hydrogens is 262 g/mol. The molecule has 1 heterocycles. The van der Waals surface area contributed by atoms with Gasteiger partial charge in [0.1, 0.15) is 5.75 Å². The monoisotopic (exact) mass is 283 g/mol. The van der Waals surface area contributed by atoms with E-state index >= 15 is 0 Å². The van der Waals surface area contributed by atoms with Gasteiger partial charge in [0.25, 0.3) is 0 Å². The van der Waals surface area contributed by atoms with Crippen LogP contribution in [0.1, 0.15) is 19.8 Å². The van der Waals surface area contributed by atoms with Crippen LogP contribution in [0.15, 0.2) is 24.3 Å². The quantitative estimate of drug-likeness (QED) is 0.640. The third-order valence-corrected chi connectivity index (χ3v) is 5.25. The maximum atomic E-state index is 12.1. The zero-order valence-electron chi connectivity index (χ0n) is 11.2. The third-order valence-electron chi connectivity index (χ3n) is 3.26. The second-order valence-corrected chi connectivity index (χ2v) is 6.54. The maximum absolute atomic E-state index is 12.1. The van der Waals surface area contributed by atoms with Crippen molar-refractivity contribution >= 4 is 16.5 Å². The van der Waals surface area contributed by atoms with Crippen molar-refractivity contribution in [2.24, 2.45) is 0 Å². The fraction of sp³-hybridized carbons (Fsp3) is 0.571. The Kier molecular flexibility index (Phi) is 5.22. The Morgan fingerprint density at radius 1 is 1.53 bits per heavy atom. The predicted octanol–water partition coefficient (Wildman–Crippen LogP) is 1.96. The Bertz CT molecular complexity index is 438. The Labute approximate surface area is 116 Å².